The molecule has 3 rings (SSSR count). The van der Waals surface area contributed by atoms with Gasteiger partial charge in [-0.3, -0.25) is 4.79 Å². The van der Waals surface area contributed by atoms with Crippen LogP contribution in [0.2, 0.25) is 0 Å². The molecular formula is C20H26O6. The summed E-state index contributed by atoms with van der Waals surface area (Å²) in [6, 6.07) is 0. The molecule has 1 N–H and O–H groups in total. The molecule has 6 nitrogen and oxygen atoms in total. The van der Waals surface area contributed by atoms with Crippen molar-refractivity contribution >= 4 is 17.7 Å². The van der Waals surface area contributed by atoms with Crippen molar-refractivity contribution in [3.63, 3.8) is 0 Å². The van der Waals surface area contributed by atoms with E-state index in [1.54, 1.807) is 20.8 Å². The molecule has 2 saturated carbocycles. The molecule has 0 radical (unpaired) electrons. The summed E-state index contributed by atoms with van der Waals surface area (Å²) >= 11 is 0. The van der Waals surface area contributed by atoms with Crippen LogP contribution in [0.5, 0.6) is 0 Å². The smallest absolute Gasteiger partial charge is 0.336 e. The Hall–Kier alpha value is -1.95. The van der Waals surface area contributed by atoms with E-state index in [1.165, 1.54) is 6.08 Å². The van der Waals surface area contributed by atoms with E-state index in [9.17, 15) is 19.5 Å². The summed E-state index contributed by atoms with van der Waals surface area (Å²) in [5.41, 5.74) is 0.628. The Morgan fingerprint density at radius 1 is 1.35 bits per heavy atom. The number of rotatable bonds is 2. The first-order valence-corrected chi connectivity index (χ1v) is 9.06. The van der Waals surface area contributed by atoms with E-state index < -0.39 is 35.2 Å². The van der Waals surface area contributed by atoms with Crippen molar-refractivity contribution in [3.8, 4) is 0 Å². The number of hydrogen-bond donors (Lipinski definition) is 1. The number of carbonyl (C=O) groups excluding carboxylic acids is 3. The molecule has 1 aliphatic heterocycles. The summed E-state index contributed by atoms with van der Waals surface area (Å²) in [6.45, 7) is 9.07. The first kappa shape index (κ1) is 18.8. The second-order valence-electron chi connectivity index (χ2n) is 8.28. The molecule has 26 heavy (non-hydrogen) atoms. The van der Waals surface area contributed by atoms with Gasteiger partial charge < -0.3 is 14.6 Å². The topological polar surface area (TPSA) is 89.9 Å². The fourth-order valence-corrected chi connectivity index (χ4v) is 4.71. The standard InChI is InChI=1S/C20H26O6/c1-10(2)8-15(22)25-17-16-12(4)18(23)26-20(16,24)9-13-14(21)7-6-11(3)19(13,17)5/h8,11,13,17,24H,6-7,9H2,1-5H3/t11-,13+,17+,19+,20+/m0/s1. The molecule has 6 heteroatoms. The SMILES string of the molecule is CC(C)=CC(=O)O[C@@H]1C2=C(C)C(=O)O[C@]2(O)C[C@@H]2C(=O)CC[C@H](C)[C@]21C. The third-order valence-electron chi connectivity index (χ3n) is 6.37. The van der Waals surface area contributed by atoms with Gasteiger partial charge in [0.15, 0.2) is 0 Å². The zero-order chi connectivity index (χ0) is 19.4. The van der Waals surface area contributed by atoms with Crippen molar-refractivity contribution in [1.82, 2.24) is 0 Å². The Bertz CT molecular complexity index is 743. The van der Waals surface area contributed by atoms with Crippen molar-refractivity contribution in [2.45, 2.75) is 65.8 Å². The summed E-state index contributed by atoms with van der Waals surface area (Å²) in [5, 5.41) is 11.0. The molecule has 0 unspecified atom stereocenters. The minimum atomic E-state index is -1.88. The Balaban J connectivity index is 2.15. The molecule has 0 bridgehead atoms. The normalized spacial score (nSPS) is 39.1. The molecule has 5 atom stereocenters. The maximum Gasteiger partial charge on any atom is 0.336 e. The number of aliphatic hydroxyl groups is 1. The van der Waals surface area contributed by atoms with Gasteiger partial charge in [0.1, 0.15) is 11.9 Å². The Labute approximate surface area is 153 Å². The molecule has 0 aromatic rings. The number of esters is 2. The first-order valence-electron chi connectivity index (χ1n) is 9.06. The molecule has 0 spiro atoms. The van der Waals surface area contributed by atoms with E-state index >= 15 is 0 Å². The van der Waals surface area contributed by atoms with Gasteiger partial charge in [-0.25, -0.2) is 9.59 Å². The summed E-state index contributed by atoms with van der Waals surface area (Å²) in [7, 11) is 0. The average Bonchev–Trinajstić information content (AvgIpc) is 2.75. The highest BCUT2D eigenvalue weighted by Gasteiger charge is 2.66. The van der Waals surface area contributed by atoms with Crippen LogP contribution in [0.15, 0.2) is 22.8 Å². The van der Waals surface area contributed by atoms with Gasteiger partial charge in [-0.15, -0.1) is 0 Å². The van der Waals surface area contributed by atoms with Crippen LogP contribution in [0, 0.1) is 17.3 Å². The predicted octanol–water partition coefficient (Wildman–Crippen LogP) is 2.45. The van der Waals surface area contributed by atoms with E-state index in [0.717, 1.165) is 5.57 Å². The molecule has 0 saturated heterocycles. The van der Waals surface area contributed by atoms with Crippen LogP contribution in [0.4, 0.5) is 0 Å². The lowest BCUT2D eigenvalue weighted by molar-refractivity contribution is -0.223. The molecule has 0 amide bonds. The molecule has 1 heterocycles. The zero-order valence-corrected chi connectivity index (χ0v) is 15.9. The molecule has 142 valence electrons. The van der Waals surface area contributed by atoms with E-state index in [0.29, 0.717) is 18.4 Å². The maximum atomic E-state index is 12.7. The van der Waals surface area contributed by atoms with Crippen LogP contribution in [0.3, 0.4) is 0 Å². The third kappa shape index (κ3) is 2.62. The molecule has 2 fully saturated rings. The van der Waals surface area contributed by atoms with Gasteiger partial charge in [0, 0.05) is 35.8 Å². The average molecular weight is 362 g/mol. The van der Waals surface area contributed by atoms with E-state index in [4.69, 9.17) is 9.47 Å². The van der Waals surface area contributed by atoms with Crippen LogP contribution in [-0.2, 0) is 23.9 Å². The highest BCUT2D eigenvalue weighted by Crippen LogP contribution is 2.59. The summed E-state index contributed by atoms with van der Waals surface area (Å²) < 4.78 is 11.0. The van der Waals surface area contributed by atoms with Crippen molar-refractivity contribution in [2.24, 2.45) is 17.3 Å². The minimum Gasteiger partial charge on any atom is -0.454 e. The Morgan fingerprint density at radius 3 is 2.62 bits per heavy atom. The Kier molecular flexibility index (Phi) is 4.38. The quantitative estimate of drug-likeness (QED) is 0.599. The molecule has 0 aromatic heterocycles. The number of ether oxygens (including phenoxy) is 2. The van der Waals surface area contributed by atoms with E-state index in [2.05, 4.69) is 0 Å². The van der Waals surface area contributed by atoms with Crippen molar-refractivity contribution in [1.29, 1.82) is 0 Å². The largest absolute Gasteiger partial charge is 0.454 e. The van der Waals surface area contributed by atoms with Crippen LogP contribution < -0.4 is 0 Å². The fraction of sp³-hybridized carbons (Fsp3) is 0.650. The van der Waals surface area contributed by atoms with Crippen LogP contribution in [0.25, 0.3) is 0 Å². The number of allylic oxidation sites excluding steroid dienone is 1. The van der Waals surface area contributed by atoms with Crippen LogP contribution >= 0.6 is 0 Å². The van der Waals surface area contributed by atoms with E-state index in [-0.39, 0.29) is 23.7 Å². The molecular weight excluding hydrogens is 336 g/mol. The lowest BCUT2D eigenvalue weighted by Crippen LogP contribution is -2.61. The Morgan fingerprint density at radius 2 is 2.00 bits per heavy atom. The first-order chi connectivity index (χ1) is 12.0. The lowest BCUT2D eigenvalue weighted by Gasteiger charge is -2.55. The van der Waals surface area contributed by atoms with Crippen molar-refractivity contribution in [3.05, 3.63) is 22.8 Å². The second kappa shape index (κ2) is 6.05. The number of Topliss-reactive ketones (excluding diaryl/α,β-unsaturated/α-hetero) is 1. The maximum absolute atomic E-state index is 12.7. The number of fused-ring (bicyclic) bond motifs is 2. The van der Waals surface area contributed by atoms with Gasteiger partial charge in [0.25, 0.3) is 0 Å². The minimum absolute atomic E-state index is 0.0157. The second-order valence-corrected chi connectivity index (χ2v) is 8.28. The van der Waals surface area contributed by atoms with Gasteiger partial charge in [-0.2, -0.15) is 0 Å². The van der Waals surface area contributed by atoms with Crippen LogP contribution in [-0.4, -0.2) is 34.7 Å². The summed E-state index contributed by atoms with van der Waals surface area (Å²) in [6.07, 6.45) is 1.59. The third-order valence-corrected chi connectivity index (χ3v) is 6.37. The highest BCUT2D eigenvalue weighted by molar-refractivity contribution is 5.94. The molecule has 2 aliphatic carbocycles. The van der Waals surface area contributed by atoms with Gasteiger partial charge in [0.2, 0.25) is 5.79 Å². The van der Waals surface area contributed by atoms with E-state index in [1.807, 2.05) is 13.8 Å². The van der Waals surface area contributed by atoms with Gasteiger partial charge in [-0.05, 0) is 33.1 Å². The fourth-order valence-electron chi connectivity index (χ4n) is 4.71. The molecule has 3 aliphatic rings. The van der Waals surface area contributed by atoms with Gasteiger partial charge in [-0.1, -0.05) is 19.4 Å². The highest BCUT2D eigenvalue weighted by atomic mass is 16.7. The zero-order valence-electron chi connectivity index (χ0n) is 15.9. The van der Waals surface area contributed by atoms with Crippen LogP contribution in [0.1, 0.15) is 53.9 Å². The number of ketones is 1. The monoisotopic (exact) mass is 362 g/mol. The van der Waals surface area contributed by atoms with Crippen molar-refractivity contribution < 1.29 is 29.0 Å². The van der Waals surface area contributed by atoms with Gasteiger partial charge in [0.05, 0.1) is 5.57 Å². The predicted molar refractivity (Wildman–Crippen MR) is 92.7 cm³/mol. The number of hydrogen-bond acceptors (Lipinski definition) is 6. The summed E-state index contributed by atoms with van der Waals surface area (Å²) in [4.78, 5) is 37.2. The molecule has 0 aromatic carbocycles. The summed E-state index contributed by atoms with van der Waals surface area (Å²) in [5.74, 6) is -3.51. The van der Waals surface area contributed by atoms with Gasteiger partial charge >= 0.3 is 11.9 Å². The number of carbonyl (C=O) groups is 3. The lowest BCUT2D eigenvalue weighted by atomic mass is 9.52. The van der Waals surface area contributed by atoms with Crippen molar-refractivity contribution in [2.75, 3.05) is 0 Å².